The van der Waals surface area contributed by atoms with Gasteiger partial charge in [0, 0.05) is 25.6 Å². The summed E-state index contributed by atoms with van der Waals surface area (Å²) in [6.07, 6.45) is 7.14. The largest absolute Gasteiger partial charge is 0.356 e. The van der Waals surface area contributed by atoms with Gasteiger partial charge in [-0.1, -0.05) is 43.2 Å². The van der Waals surface area contributed by atoms with Crippen LogP contribution >= 0.6 is 0 Å². The third kappa shape index (κ3) is 4.33. The molecular formula is C19H28N2O. The third-order valence-corrected chi connectivity index (χ3v) is 5.14. The van der Waals surface area contributed by atoms with Crippen LogP contribution in [0, 0.1) is 11.8 Å². The number of hydrogen-bond donors (Lipinski definition) is 1. The summed E-state index contributed by atoms with van der Waals surface area (Å²) in [5.41, 5.74) is 1.39. The SMILES string of the molecule is O=C(NC[C@H]1CCCN(Cc2ccccc2)C1)C1CCCC1. The number of carbonyl (C=O) groups is 1. The van der Waals surface area contributed by atoms with E-state index in [0.717, 1.165) is 32.5 Å². The second-order valence-electron chi connectivity index (χ2n) is 6.96. The number of amides is 1. The Hall–Kier alpha value is -1.35. The Kier molecular flexibility index (Phi) is 5.49. The van der Waals surface area contributed by atoms with Crippen LogP contribution in [0.4, 0.5) is 0 Å². The number of rotatable bonds is 5. The third-order valence-electron chi connectivity index (χ3n) is 5.14. The lowest BCUT2D eigenvalue weighted by Gasteiger charge is -2.33. The van der Waals surface area contributed by atoms with Crippen molar-refractivity contribution >= 4 is 5.91 Å². The number of hydrogen-bond acceptors (Lipinski definition) is 2. The zero-order valence-electron chi connectivity index (χ0n) is 13.5. The molecule has 1 aromatic carbocycles. The summed E-state index contributed by atoms with van der Waals surface area (Å²) in [4.78, 5) is 14.7. The predicted octanol–water partition coefficient (Wildman–Crippen LogP) is 3.21. The second kappa shape index (κ2) is 7.77. The van der Waals surface area contributed by atoms with Crippen molar-refractivity contribution in [3.8, 4) is 0 Å². The van der Waals surface area contributed by atoms with E-state index < -0.39 is 0 Å². The molecule has 1 aliphatic carbocycles. The molecule has 1 aromatic rings. The van der Waals surface area contributed by atoms with Crippen LogP contribution in [0.1, 0.15) is 44.1 Å². The van der Waals surface area contributed by atoms with Crippen molar-refractivity contribution in [3.05, 3.63) is 35.9 Å². The quantitative estimate of drug-likeness (QED) is 0.905. The second-order valence-corrected chi connectivity index (χ2v) is 6.96. The molecule has 2 fully saturated rings. The molecule has 1 saturated carbocycles. The van der Waals surface area contributed by atoms with Gasteiger partial charge in [-0.25, -0.2) is 0 Å². The molecule has 0 radical (unpaired) electrons. The maximum absolute atomic E-state index is 12.1. The zero-order chi connectivity index (χ0) is 15.2. The first-order valence-electron chi connectivity index (χ1n) is 8.85. The van der Waals surface area contributed by atoms with Crippen molar-refractivity contribution < 1.29 is 4.79 Å². The Labute approximate surface area is 134 Å². The molecular weight excluding hydrogens is 272 g/mol. The molecule has 1 atom stereocenters. The van der Waals surface area contributed by atoms with Crippen LogP contribution in [0.5, 0.6) is 0 Å². The van der Waals surface area contributed by atoms with E-state index in [1.165, 1.54) is 37.8 Å². The molecule has 1 N–H and O–H groups in total. The van der Waals surface area contributed by atoms with Gasteiger partial charge in [0.2, 0.25) is 5.91 Å². The number of piperidine rings is 1. The summed E-state index contributed by atoms with van der Waals surface area (Å²) in [5.74, 6) is 1.21. The molecule has 1 amide bonds. The lowest BCUT2D eigenvalue weighted by atomic mass is 9.97. The first kappa shape index (κ1) is 15.5. The highest BCUT2D eigenvalue weighted by Gasteiger charge is 2.24. The van der Waals surface area contributed by atoms with Gasteiger partial charge in [-0.05, 0) is 43.7 Å². The Morgan fingerprint density at radius 2 is 1.86 bits per heavy atom. The van der Waals surface area contributed by atoms with Gasteiger partial charge < -0.3 is 5.32 Å². The summed E-state index contributed by atoms with van der Waals surface area (Å²) < 4.78 is 0. The molecule has 0 unspecified atom stereocenters. The molecule has 3 heteroatoms. The van der Waals surface area contributed by atoms with Crippen LogP contribution in [0.15, 0.2) is 30.3 Å². The number of benzene rings is 1. The molecule has 0 bridgehead atoms. The van der Waals surface area contributed by atoms with E-state index in [1.54, 1.807) is 0 Å². The van der Waals surface area contributed by atoms with Crippen molar-refractivity contribution in [1.29, 1.82) is 0 Å². The minimum Gasteiger partial charge on any atom is -0.356 e. The lowest BCUT2D eigenvalue weighted by molar-refractivity contribution is -0.125. The van der Waals surface area contributed by atoms with Crippen molar-refractivity contribution in [2.45, 2.75) is 45.1 Å². The van der Waals surface area contributed by atoms with Gasteiger partial charge in [0.25, 0.3) is 0 Å². The highest BCUT2D eigenvalue weighted by atomic mass is 16.1. The fourth-order valence-electron chi connectivity index (χ4n) is 3.88. The number of carbonyl (C=O) groups excluding carboxylic acids is 1. The summed E-state index contributed by atoms with van der Waals surface area (Å²) in [6, 6.07) is 10.7. The van der Waals surface area contributed by atoms with E-state index in [0.29, 0.717) is 17.7 Å². The zero-order valence-corrected chi connectivity index (χ0v) is 13.5. The topological polar surface area (TPSA) is 32.3 Å². The minimum atomic E-state index is 0.295. The van der Waals surface area contributed by atoms with Crippen molar-refractivity contribution in [2.24, 2.45) is 11.8 Å². The molecule has 120 valence electrons. The molecule has 3 nitrogen and oxygen atoms in total. The van der Waals surface area contributed by atoms with E-state index in [2.05, 4.69) is 40.5 Å². The average molecular weight is 300 g/mol. The van der Waals surface area contributed by atoms with Crippen LogP contribution < -0.4 is 5.32 Å². The summed E-state index contributed by atoms with van der Waals surface area (Å²) in [5, 5.41) is 3.21. The van der Waals surface area contributed by atoms with E-state index in [4.69, 9.17) is 0 Å². The Bertz CT molecular complexity index is 468. The van der Waals surface area contributed by atoms with Gasteiger partial charge in [0.15, 0.2) is 0 Å². The van der Waals surface area contributed by atoms with Crippen LogP contribution in [-0.4, -0.2) is 30.4 Å². The Morgan fingerprint density at radius 1 is 1.09 bits per heavy atom. The lowest BCUT2D eigenvalue weighted by Crippen LogP contribution is -2.41. The smallest absolute Gasteiger partial charge is 0.223 e. The fourth-order valence-corrected chi connectivity index (χ4v) is 3.88. The minimum absolute atomic E-state index is 0.295. The van der Waals surface area contributed by atoms with Crippen LogP contribution in [0.3, 0.4) is 0 Å². The van der Waals surface area contributed by atoms with Crippen molar-refractivity contribution in [1.82, 2.24) is 10.2 Å². The van der Waals surface area contributed by atoms with E-state index in [-0.39, 0.29) is 0 Å². The highest BCUT2D eigenvalue weighted by Crippen LogP contribution is 2.25. The first-order valence-corrected chi connectivity index (χ1v) is 8.85. The van der Waals surface area contributed by atoms with Gasteiger partial charge in [-0.3, -0.25) is 9.69 Å². The van der Waals surface area contributed by atoms with Gasteiger partial charge in [-0.2, -0.15) is 0 Å². The number of nitrogens with zero attached hydrogens (tertiary/aromatic N) is 1. The van der Waals surface area contributed by atoms with Crippen LogP contribution in [0.2, 0.25) is 0 Å². The first-order chi connectivity index (χ1) is 10.8. The van der Waals surface area contributed by atoms with E-state index >= 15 is 0 Å². The highest BCUT2D eigenvalue weighted by molar-refractivity contribution is 5.78. The van der Waals surface area contributed by atoms with Gasteiger partial charge >= 0.3 is 0 Å². The molecule has 1 heterocycles. The Balaban J connectivity index is 1.43. The molecule has 2 aliphatic rings. The van der Waals surface area contributed by atoms with Crippen molar-refractivity contribution in [3.63, 3.8) is 0 Å². The molecule has 22 heavy (non-hydrogen) atoms. The fraction of sp³-hybridized carbons (Fsp3) is 0.632. The number of likely N-dealkylation sites (tertiary alicyclic amines) is 1. The molecule has 0 aromatic heterocycles. The van der Waals surface area contributed by atoms with Crippen LogP contribution in [0.25, 0.3) is 0 Å². The molecule has 0 spiro atoms. The number of nitrogens with one attached hydrogen (secondary N) is 1. The van der Waals surface area contributed by atoms with Gasteiger partial charge in [-0.15, -0.1) is 0 Å². The van der Waals surface area contributed by atoms with Crippen molar-refractivity contribution in [2.75, 3.05) is 19.6 Å². The summed E-state index contributed by atoms with van der Waals surface area (Å²) in [6.45, 7) is 4.19. The maximum Gasteiger partial charge on any atom is 0.223 e. The predicted molar refractivity (Wildman–Crippen MR) is 89.4 cm³/mol. The van der Waals surface area contributed by atoms with Gasteiger partial charge in [0.1, 0.15) is 0 Å². The molecule has 3 rings (SSSR count). The van der Waals surface area contributed by atoms with E-state index in [1.807, 2.05) is 0 Å². The molecule has 1 saturated heterocycles. The van der Waals surface area contributed by atoms with Gasteiger partial charge in [0.05, 0.1) is 0 Å². The normalized spacial score (nSPS) is 23.5. The monoisotopic (exact) mass is 300 g/mol. The summed E-state index contributed by atoms with van der Waals surface area (Å²) >= 11 is 0. The van der Waals surface area contributed by atoms with E-state index in [9.17, 15) is 4.79 Å². The Morgan fingerprint density at radius 3 is 2.64 bits per heavy atom. The van der Waals surface area contributed by atoms with Crippen LogP contribution in [-0.2, 0) is 11.3 Å². The average Bonchev–Trinajstić information content (AvgIpc) is 3.08. The standard InChI is InChI=1S/C19H28N2O/c22-19(18-10-4-5-11-18)20-13-17-9-6-12-21(15-17)14-16-7-2-1-3-8-16/h1-3,7-8,17-18H,4-6,9-15H2,(H,20,22)/t17-/m1/s1. The summed E-state index contributed by atoms with van der Waals surface area (Å²) in [7, 11) is 0. The maximum atomic E-state index is 12.1. The molecule has 1 aliphatic heterocycles.